The highest BCUT2D eigenvalue weighted by molar-refractivity contribution is 5.06. The van der Waals surface area contributed by atoms with Crippen molar-refractivity contribution in [2.45, 2.75) is 50.4 Å². The predicted octanol–water partition coefficient (Wildman–Crippen LogP) is 2.89. The molecule has 0 spiro atoms. The molecule has 1 saturated carbocycles. The van der Waals surface area contributed by atoms with Gasteiger partial charge in [0.05, 0.1) is 18.6 Å². The fourth-order valence-electron chi connectivity index (χ4n) is 3.81. The number of hydrogen-bond acceptors (Lipinski definition) is 6. The van der Waals surface area contributed by atoms with Gasteiger partial charge in [-0.1, -0.05) is 0 Å². The lowest BCUT2D eigenvalue weighted by molar-refractivity contribution is -0.0177. The van der Waals surface area contributed by atoms with E-state index in [1.54, 1.807) is 6.26 Å². The summed E-state index contributed by atoms with van der Waals surface area (Å²) < 4.78 is 17.2. The minimum Gasteiger partial charge on any atom is -0.472 e. The number of likely N-dealkylation sites (tertiary alicyclic amines) is 1. The fourth-order valence-corrected chi connectivity index (χ4v) is 3.81. The number of nitrogens with zero attached hydrogens (tertiary/aromatic N) is 3. The highest BCUT2D eigenvalue weighted by Crippen LogP contribution is 2.43. The van der Waals surface area contributed by atoms with Crippen LogP contribution in [0.25, 0.3) is 0 Å². The van der Waals surface area contributed by atoms with E-state index < -0.39 is 0 Å². The Morgan fingerprint density at radius 1 is 1.17 bits per heavy atom. The van der Waals surface area contributed by atoms with Crippen molar-refractivity contribution in [2.24, 2.45) is 5.92 Å². The van der Waals surface area contributed by atoms with Crippen molar-refractivity contribution in [1.29, 1.82) is 0 Å². The molecular weight excluding hydrogens is 294 g/mol. The highest BCUT2D eigenvalue weighted by atomic mass is 16.5. The number of hydrogen-bond donors (Lipinski definition) is 0. The third-order valence-electron chi connectivity index (χ3n) is 5.28. The molecule has 0 amide bonds. The van der Waals surface area contributed by atoms with E-state index in [9.17, 15) is 0 Å². The highest BCUT2D eigenvalue weighted by Gasteiger charge is 2.42. The van der Waals surface area contributed by atoms with E-state index in [0.29, 0.717) is 17.7 Å². The number of aromatic nitrogens is 2. The molecule has 6 nitrogen and oxygen atoms in total. The van der Waals surface area contributed by atoms with Gasteiger partial charge in [-0.15, -0.1) is 10.2 Å². The van der Waals surface area contributed by atoms with E-state index in [1.165, 1.54) is 24.8 Å². The zero-order valence-corrected chi connectivity index (χ0v) is 13.1. The molecule has 6 heteroatoms. The standard InChI is InChI=1S/C17H21N3O3/c1-2-12(1)16-18-19-17(23-16)14-7-13-3-5-20(9-15(13)22-14)8-11-4-6-21-10-11/h4,6,10,12-15H,1-3,5,7-9H2/t13-,14+,15+/m1/s1. The first-order valence-electron chi connectivity index (χ1n) is 8.57. The topological polar surface area (TPSA) is 64.5 Å². The Bertz CT molecular complexity index is 664. The lowest BCUT2D eigenvalue weighted by atomic mass is 9.91. The van der Waals surface area contributed by atoms with Crippen LogP contribution in [-0.2, 0) is 11.3 Å². The molecule has 1 aliphatic carbocycles. The molecule has 3 atom stereocenters. The third kappa shape index (κ3) is 2.70. The van der Waals surface area contributed by atoms with Gasteiger partial charge in [-0.2, -0.15) is 0 Å². The monoisotopic (exact) mass is 315 g/mol. The molecule has 0 unspecified atom stereocenters. The summed E-state index contributed by atoms with van der Waals surface area (Å²) in [6.45, 7) is 3.01. The molecule has 122 valence electrons. The summed E-state index contributed by atoms with van der Waals surface area (Å²) in [6, 6.07) is 2.03. The average molecular weight is 315 g/mol. The predicted molar refractivity (Wildman–Crippen MR) is 80.6 cm³/mol. The van der Waals surface area contributed by atoms with E-state index >= 15 is 0 Å². The van der Waals surface area contributed by atoms with Crippen molar-refractivity contribution in [2.75, 3.05) is 13.1 Å². The largest absolute Gasteiger partial charge is 0.472 e. The number of ether oxygens (including phenoxy) is 1. The first-order valence-corrected chi connectivity index (χ1v) is 8.57. The molecule has 2 saturated heterocycles. The smallest absolute Gasteiger partial charge is 0.245 e. The average Bonchev–Trinajstić information content (AvgIpc) is 2.99. The van der Waals surface area contributed by atoms with E-state index in [2.05, 4.69) is 15.1 Å². The van der Waals surface area contributed by atoms with Gasteiger partial charge < -0.3 is 13.6 Å². The zero-order valence-electron chi connectivity index (χ0n) is 13.1. The Hall–Kier alpha value is -1.66. The van der Waals surface area contributed by atoms with Gasteiger partial charge in [-0.25, -0.2) is 0 Å². The van der Waals surface area contributed by atoms with Crippen LogP contribution < -0.4 is 0 Å². The van der Waals surface area contributed by atoms with Crippen LogP contribution in [0.5, 0.6) is 0 Å². The minimum absolute atomic E-state index is 0.0149. The quantitative estimate of drug-likeness (QED) is 0.864. The van der Waals surface area contributed by atoms with Crippen molar-refractivity contribution in [3.05, 3.63) is 35.9 Å². The molecule has 0 bridgehead atoms. The van der Waals surface area contributed by atoms with Crippen molar-refractivity contribution in [1.82, 2.24) is 15.1 Å². The summed E-state index contributed by atoms with van der Waals surface area (Å²) >= 11 is 0. The maximum absolute atomic E-state index is 6.25. The Morgan fingerprint density at radius 2 is 2.09 bits per heavy atom. The number of furan rings is 1. The van der Waals surface area contributed by atoms with Crippen LogP contribution >= 0.6 is 0 Å². The molecule has 5 rings (SSSR count). The van der Waals surface area contributed by atoms with Crippen molar-refractivity contribution in [3.63, 3.8) is 0 Å². The van der Waals surface area contributed by atoms with Crippen LogP contribution in [0.3, 0.4) is 0 Å². The van der Waals surface area contributed by atoms with E-state index in [4.69, 9.17) is 13.6 Å². The van der Waals surface area contributed by atoms with Crippen LogP contribution in [0.4, 0.5) is 0 Å². The Morgan fingerprint density at radius 3 is 2.91 bits per heavy atom. The van der Waals surface area contributed by atoms with Gasteiger partial charge in [0.25, 0.3) is 0 Å². The first-order chi connectivity index (χ1) is 11.3. The molecular formula is C17H21N3O3. The molecule has 0 N–H and O–H groups in total. The second-order valence-corrected chi connectivity index (χ2v) is 7.07. The number of fused-ring (bicyclic) bond motifs is 1. The van der Waals surface area contributed by atoms with Crippen LogP contribution in [0.1, 0.15) is 55.1 Å². The molecule has 3 fully saturated rings. The van der Waals surface area contributed by atoms with Gasteiger partial charge in [0, 0.05) is 24.6 Å². The zero-order chi connectivity index (χ0) is 15.2. The van der Waals surface area contributed by atoms with Crippen molar-refractivity contribution in [3.8, 4) is 0 Å². The summed E-state index contributed by atoms with van der Waals surface area (Å²) in [5, 5.41) is 8.42. The van der Waals surface area contributed by atoms with Gasteiger partial charge in [-0.3, -0.25) is 4.90 Å². The first kappa shape index (κ1) is 13.7. The molecule has 4 heterocycles. The van der Waals surface area contributed by atoms with Gasteiger partial charge in [0.15, 0.2) is 0 Å². The number of rotatable bonds is 4. The third-order valence-corrected chi connectivity index (χ3v) is 5.28. The van der Waals surface area contributed by atoms with Crippen LogP contribution in [0.2, 0.25) is 0 Å². The van der Waals surface area contributed by atoms with Crippen molar-refractivity contribution < 1.29 is 13.6 Å². The van der Waals surface area contributed by atoms with Crippen LogP contribution in [0.15, 0.2) is 27.4 Å². The molecule has 3 aliphatic rings. The van der Waals surface area contributed by atoms with Gasteiger partial charge >= 0.3 is 0 Å². The summed E-state index contributed by atoms with van der Waals surface area (Å²) in [4.78, 5) is 2.44. The molecule has 0 radical (unpaired) electrons. The summed E-state index contributed by atoms with van der Waals surface area (Å²) in [5.74, 6) is 2.60. The fraction of sp³-hybridized carbons (Fsp3) is 0.647. The van der Waals surface area contributed by atoms with Crippen LogP contribution in [-0.4, -0.2) is 34.3 Å². The summed E-state index contributed by atoms with van der Waals surface area (Å²) in [7, 11) is 0. The maximum atomic E-state index is 6.25. The lowest BCUT2D eigenvalue weighted by Crippen LogP contribution is -2.41. The second kappa shape index (κ2) is 5.46. The van der Waals surface area contributed by atoms with Gasteiger partial charge in [0.1, 0.15) is 6.10 Å². The molecule has 2 aromatic heterocycles. The maximum Gasteiger partial charge on any atom is 0.245 e. The molecule has 23 heavy (non-hydrogen) atoms. The molecule has 2 aliphatic heterocycles. The second-order valence-electron chi connectivity index (χ2n) is 7.07. The van der Waals surface area contributed by atoms with Gasteiger partial charge in [-0.05, 0) is 44.2 Å². The van der Waals surface area contributed by atoms with Crippen LogP contribution in [0, 0.1) is 5.92 Å². The molecule has 2 aromatic rings. The minimum atomic E-state index is -0.0149. The summed E-state index contributed by atoms with van der Waals surface area (Å²) in [5.41, 5.74) is 1.23. The lowest BCUT2D eigenvalue weighted by Gasteiger charge is -2.33. The van der Waals surface area contributed by atoms with E-state index in [-0.39, 0.29) is 12.2 Å². The molecule has 0 aromatic carbocycles. The van der Waals surface area contributed by atoms with Crippen molar-refractivity contribution >= 4 is 0 Å². The SMILES string of the molecule is c1cc(CN2CC[C@@H]3C[C@@H](c4nnc(C5CC5)o4)O[C@H]3C2)co1. The Labute approximate surface area is 134 Å². The van der Waals surface area contributed by atoms with E-state index in [1.807, 2.05) is 12.3 Å². The van der Waals surface area contributed by atoms with Gasteiger partial charge in [0.2, 0.25) is 11.8 Å². The Kier molecular flexibility index (Phi) is 3.26. The Balaban J connectivity index is 1.23. The number of piperidine rings is 1. The van der Waals surface area contributed by atoms with E-state index in [0.717, 1.165) is 31.9 Å². The summed E-state index contributed by atoms with van der Waals surface area (Å²) in [6.07, 6.45) is 8.36. The normalized spacial score (nSPS) is 31.4.